The van der Waals surface area contributed by atoms with Crippen molar-refractivity contribution in [2.75, 3.05) is 9.80 Å². The van der Waals surface area contributed by atoms with E-state index in [4.69, 9.17) is 0 Å². The molecule has 0 N–H and O–H groups in total. The van der Waals surface area contributed by atoms with Crippen LogP contribution in [0.1, 0.15) is 52.7 Å². The van der Waals surface area contributed by atoms with Crippen LogP contribution in [0.25, 0.3) is 76.1 Å². The van der Waals surface area contributed by atoms with E-state index in [1.165, 1.54) is 87.2 Å². The van der Waals surface area contributed by atoms with E-state index in [2.05, 4.69) is 294 Å². The first-order valence-corrected chi connectivity index (χ1v) is 25.3. The minimum absolute atomic E-state index is 0.0666. The molecule has 348 valence electrons. The summed E-state index contributed by atoms with van der Waals surface area (Å²) in [6.07, 6.45) is 0. The van der Waals surface area contributed by atoms with Gasteiger partial charge in [0.05, 0.1) is 0 Å². The first-order chi connectivity index (χ1) is 34.9. The quantitative estimate of drug-likeness (QED) is 0.140. The second kappa shape index (κ2) is 17.7. The Kier molecular flexibility index (Phi) is 11.0. The van der Waals surface area contributed by atoms with Gasteiger partial charge in [0.25, 0.3) is 0 Å². The van der Waals surface area contributed by atoms with Crippen molar-refractivity contribution in [3.8, 4) is 22.3 Å². The minimum atomic E-state index is 0.0666. The van der Waals surface area contributed by atoms with Crippen molar-refractivity contribution in [3.63, 3.8) is 0 Å². The van der Waals surface area contributed by atoms with Gasteiger partial charge in [0.1, 0.15) is 0 Å². The molecule has 0 aliphatic rings. The highest BCUT2D eigenvalue weighted by molar-refractivity contribution is 6.22. The van der Waals surface area contributed by atoms with Crippen molar-refractivity contribution in [1.82, 2.24) is 0 Å². The summed E-state index contributed by atoms with van der Waals surface area (Å²) < 4.78 is 0. The third kappa shape index (κ3) is 8.23. The molecular formula is C70H58N2. The Labute approximate surface area is 424 Å². The molecule has 2 nitrogen and oxygen atoms in total. The fourth-order valence-corrected chi connectivity index (χ4v) is 10.8. The number of benzene rings is 12. The Balaban J connectivity index is 0.934. The Bertz CT molecular complexity index is 3960. The molecule has 0 atom stereocenters. The van der Waals surface area contributed by atoms with Crippen molar-refractivity contribution in [2.45, 2.75) is 52.4 Å². The highest BCUT2D eigenvalue weighted by Crippen LogP contribution is 2.44. The molecule has 2 heteroatoms. The van der Waals surface area contributed by atoms with Crippen LogP contribution in [0.4, 0.5) is 34.1 Å². The molecule has 12 aromatic carbocycles. The monoisotopic (exact) mass is 926 g/mol. The van der Waals surface area contributed by atoms with Crippen molar-refractivity contribution >= 4 is 88.0 Å². The summed E-state index contributed by atoms with van der Waals surface area (Å²) in [5, 5.41) is 12.4. The molecule has 0 amide bonds. The van der Waals surface area contributed by atoms with Crippen LogP contribution in [0.15, 0.2) is 243 Å². The van der Waals surface area contributed by atoms with Gasteiger partial charge in [-0.1, -0.05) is 205 Å². The molecule has 72 heavy (non-hydrogen) atoms. The molecule has 0 saturated carbocycles. The Hall–Kier alpha value is -8.46. The van der Waals surface area contributed by atoms with Crippen molar-refractivity contribution in [3.05, 3.63) is 254 Å². The van der Waals surface area contributed by atoms with Crippen molar-refractivity contribution < 1.29 is 0 Å². The van der Waals surface area contributed by atoms with Crippen molar-refractivity contribution in [2.24, 2.45) is 0 Å². The molecule has 0 bridgehead atoms. The number of rotatable bonds is 8. The Morgan fingerprint density at radius 2 is 0.583 bits per heavy atom. The third-order valence-corrected chi connectivity index (χ3v) is 14.7. The maximum Gasteiger partial charge on any atom is 0.0468 e. The predicted molar refractivity (Wildman–Crippen MR) is 312 cm³/mol. The van der Waals surface area contributed by atoms with Crippen LogP contribution < -0.4 is 9.80 Å². The second-order valence-corrected chi connectivity index (χ2v) is 21.5. The van der Waals surface area contributed by atoms with Crippen molar-refractivity contribution in [1.29, 1.82) is 0 Å². The standard InChI is InChI=1S/C70H58N2/c1-69(2,3)53-28-38-57(39-29-53)71(59-36-22-47-14-7-9-16-51(47)44-59)55-32-24-49(25-33-55)61-20-13-21-64-65(61)42-43-66-62-18-11-12-19-63(62)67(46-68(64)66)50-26-34-56(35-27-50)72(58-40-30-54(31-41-58)70(4,5)6)60-37-23-48-15-8-10-17-52(48)45-60/h7-46H,1-6H3. The van der Waals surface area contributed by atoms with Gasteiger partial charge >= 0.3 is 0 Å². The maximum atomic E-state index is 2.43. The third-order valence-electron chi connectivity index (χ3n) is 14.7. The fourth-order valence-electron chi connectivity index (χ4n) is 10.8. The summed E-state index contributed by atoms with van der Waals surface area (Å²) in [7, 11) is 0. The van der Waals surface area contributed by atoms with E-state index in [0.717, 1.165) is 34.1 Å². The smallest absolute Gasteiger partial charge is 0.0468 e. The average molecular weight is 927 g/mol. The van der Waals surface area contributed by atoms with Crippen LogP contribution in [0.5, 0.6) is 0 Å². The van der Waals surface area contributed by atoms with Crippen LogP contribution in [0.3, 0.4) is 0 Å². The van der Waals surface area contributed by atoms with E-state index in [9.17, 15) is 0 Å². The molecule has 0 radical (unpaired) electrons. The zero-order valence-electron chi connectivity index (χ0n) is 42.0. The second-order valence-electron chi connectivity index (χ2n) is 21.5. The molecule has 0 unspecified atom stereocenters. The molecule has 0 spiro atoms. The van der Waals surface area contributed by atoms with Gasteiger partial charge in [-0.05, 0) is 177 Å². The first-order valence-electron chi connectivity index (χ1n) is 25.3. The van der Waals surface area contributed by atoms with E-state index in [1.807, 2.05) is 0 Å². The highest BCUT2D eigenvalue weighted by Gasteiger charge is 2.20. The Morgan fingerprint density at radius 1 is 0.236 bits per heavy atom. The van der Waals surface area contributed by atoms with E-state index >= 15 is 0 Å². The zero-order valence-corrected chi connectivity index (χ0v) is 42.0. The van der Waals surface area contributed by atoms with Gasteiger partial charge in [0.2, 0.25) is 0 Å². The summed E-state index contributed by atoms with van der Waals surface area (Å²) in [4.78, 5) is 4.76. The summed E-state index contributed by atoms with van der Waals surface area (Å²) in [5.74, 6) is 0. The van der Waals surface area contributed by atoms with Gasteiger partial charge in [-0.2, -0.15) is 0 Å². The molecule has 12 rings (SSSR count). The van der Waals surface area contributed by atoms with E-state index < -0.39 is 0 Å². The summed E-state index contributed by atoms with van der Waals surface area (Å²) >= 11 is 0. The summed E-state index contributed by atoms with van der Waals surface area (Å²) in [6.45, 7) is 13.6. The normalized spacial score (nSPS) is 12.0. The average Bonchev–Trinajstić information content (AvgIpc) is 3.40. The van der Waals surface area contributed by atoms with Gasteiger partial charge in [-0.3, -0.25) is 0 Å². The lowest BCUT2D eigenvalue weighted by molar-refractivity contribution is 0.590. The lowest BCUT2D eigenvalue weighted by atomic mass is 9.87. The molecule has 0 fully saturated rings. The van der Waals surface area contributed by atoms with Gasteiger partial charge in [0.15, 0.2) is 0 Å². The van der Waals surface area contributed by atoms with Gasteiger partial charge in [0, 0.05) is 34.1 Å². The number of anilines is 6. The number of fused-ring (bicyclic) bond motifs is 7. The SMILES string of the molecule is CC(C)(C)c1ccc(N(c2ccc(-c3cc4c5cccc(-c6ccc(N(c7ccc(C(C)(C)C)cc7)c7ccc8ccccc8c7)cc6)c5ccc4c4ccccc34)cc2)c2ccc3ccccc3c2)cc1. The number of hydrogen-bond donors (Lipinski definition) is 0. The largest absolute Gasteiger partial charge is 0.310 e. The molecule has 0 aliphatic heterocycles. The zero-order chi connectivity index (χ0) is 49.1. The van der Waals surface area contributed by atoms with Crippen LogP contribution >= 0.6 is 0 Å². The van der Waals surface area contributed by atoms with Crippen LogP contribution in [0, 0.1) is 0 Å². The lowest BCUT2D eigenvalue weighted by Crippen LogP contribution is -2.13. The number of hydrogen-bond acceptors (Lipinski definition) is 2. The maximum absolute atomic E-state index is 2.43. The van der Waals surface area contributed by atoms with E-state index in [-0.39, 0.29) is 10.8 Å². The van der Waals surface area contributed by atoms with Gasteiger partial charge in [-0.25, -0.2) is 0 Å². The number of nitrogens with zero attached hydrogens (tertiary/aromatic N) is 2. The molecule has 0 aromatic heterocycles. The summed E-state index contributed by atoms with van der Waals surface area (Å²) in [6, 6.07) is 90.0. The van der Waals surface area contributed by atoms with Gasteiger partial charge < -0.3 is 9.80 Å². The minimum Gasteiger partial charge on any atom is -0.310 e. The molecular weight excluding hydrogens is 869 g/mol. The first kappa shape index (κ1) is 44.7. The van der Waals surface area contributed by atoms with Crippen LogP contribution in [-0.2, 0) is 10.8 Å². The highest BCUT2D eigenvalue weighted by atomic mass is 15.1. The molecule has 0 saturated heterocycles. The fraction of sp³-hybridized carbons (Fsp3) is 0.114. The van der Waals surface area contributed by atoms with E-state index in [0.29, 0.717) is 0 Å². The van der Waals surface area contributed by atoms with Crippen LogP contribution in [0.2, 0.25) is 0 Å². The molecule has 0 heterocycles. The van der Waals surface area contributed by atoms with E-state index in [1.54, 1.807) is 0 Å². The Morgan fingerprint density at radius 3 is 1.07 bits per heavy atom. The van der Waals surface area contributed by atoms with Crippen LogP contribution in [-0.4, -0.2) is 0 Å². The van der Waals surface area contributed by atoms with Gasteiger partial charge in [-0.15, -0.1) is 0 Å². The predicted octanol–water partition coefficient (Wildman–Crippen LogP) is 20.3. The lowest BCUT2D eigenvalue weighted by Gasteiger charge is -2.27. The molecule has 0 aliphatic carbocycles. The summed E-state index contributed by atoms with van der Waals surface area (Å²) in [5.41, 5.74) is 14.3. The molecule has 12 aromatic rings. The topological polar surface area (TPSA) is 6.48 Å².